The molecule has 0 saturated carbocycles. The van der Waals surface area contributed by atoms with Gasteiger partial charge in [-0.15, -0.1) is 0 Å². The summed E-state index contributed by atoms with van der Waals surface area (Å²) in [4.78, 5) is 12.3. The Bertz CT molecular complexity index is 483. The molecule has 130 valence electrons. The lowest BCUT2D eigenvalue weighted by atomic mass is 9.91. The van der Waals surface area contributed by atoms with Crippen molar-refractivity contribution in [3.8, 4) is 0 Å². The highest BCUT2D eigenvalue weighted by Crippen LogP contribution is 2.29. The van der Waals surface area contributed by atoms with Crippen molar-refractivity contribution in [1.29, 1.82) is 0 Å². The first kappa shape index (κ1) is 19.3. The van der Waals surface area contributed by atoms with Crippen LogP contribution in [0.25, 0.3) is 10.4 Å². The SMILES string of the molecule is COC1=N[C@@](C)(CCCCCCN=[N+]=[N-])C(OC)=N[C@@H]1C(C)C. The lowest BCUT2D eigenvalue weighted by molar-refractivity contribution is 0.302. The number of hydrogen-bond donors (Lipinski definition) is 0. The number of aliphatic imine (C=N–C) groups is 2. The molecule has 7 heteroatoms. The molecule has 0 radical (unpaired) electrons. The van der Waals surface area contributed by atoms with Gasteiger partial charge in [-0.1, -0.05) is 38.2 Å². The number of methoxy groups -OCH3 is 2. The molecule has 1 rings (SSSR count). The van der Waals surface area contributed by atoms with Crippen LogP contribution in [0.15, 0.2) is 15.1 Å². The van der Waals surface area contributed by atoms with Gasteiger partial charge in [0.1, 0.15) is 11.6 Å². The van der Waals surface area contributed by atoms with Crippen molar-refractivity contribution in [2.45, 2.75) is 64.5 Å². The van der Waals surface area contributed by atoms with Gasteiger partial charge in [0.25, 0.3) is 0 Å². The van der Waals surface area contributed by atoms with Crippen molar-refractivity contribution in [3.63, 3.8) is 0 Å². The molecule has 0 N–H and O–H groups in total. The molecule has 2 atom stereocenters. The van der Waals surface area contributed by atoms with Crippen LogP contribution < -0.4 is 0 Å². The molecular weight excluding hydrogens is 294 g/mol. The van der Waals surface area contributed by atoms with Crippen LogP contribution in [0.1, 0.15) is 52.9 Å². The third-order valence-corrected chi connectivity index (χ3v) is 4.10. The Morgan fingerprint density at radius 1 is 1.22 bits per heavy atom. The Hall–Kier alpha value is -1.75. The van der Waals surface area contributed by atoms with E-state index in [1.807, 2.05) is 6.92 Å². The van der Waals surface area contributed by atoms with E-state index < -0.39 is 5.54 Å². The molecule has 7 nitrogen and oxygen atoms in total. The summed E-state index contributed by atoms with van der Waals surface area (Å²) in [7, 11) is 3.30. The molecule has 0 amide bonds. The first-order valence-corrected chi connectivity index (χ1v) is 8.25. The lowest BCUT2D eigenvalue weighted by Crippen LogP contribution is -2.44. The summed E-state index contributed by atoms with van der Waals surface area (Å²) in [6.07, 6.45) is 4.91. The van der Waals surface area contributed by atoms with Gasteiger partial charge in [0.15, 0.2) is 0 Å². The van der Waals surface area contributed by atoms with Crippen LogP contribution in [0.3, 0.4) is 0 Å². The summed E-state index contributed by atoms with van der Waals surface area (Å²) in [6, 6.07) is -0.0770. The number of azide groups is 1. The van der Waals surface area contributed by atoms with Crippen molar-refractivity contribution in [1.82, 2.24) is 0 Å². The van der Waals surface area contributed by atoms with Crippen molar-refractivity contribution in [3.05, 3.63) is 10.4 Å². The van der Waals surface area contributed by atoms with E-state index in [1.54, 1.807) is 14.2 Å². The van der Waals surface area contributed by atoms with Gasteiger partial charge in [-0.2, -0.15) is 0 Å². The van der Waals surface area contributed by atoms with E-state index >= 15 is 0 Å². The summed E-state index contributed by atoms with van der Waals surface area (Å²) < 4.78 is 11.0. The molecule has 0 aromatic rings. The van der Waals surface area contributed by atoms with Crippen molar-refractivity contribution in [2.24, 2.45) is 21.0 Å². The monoisotopic (exact) mass is 323 g/mol. The molecule has 0 unspecified atom stereocenters. The third kappa shape index (κ3) is 5.43. The number of nitrogens with zero attached hydrogens (tertiary/aromatic N) is 5. The van der Waals surface area contributed by atoms with Crippen LogP contribution in [-0.2, 0) is 9.47 Å². The summed E-state index contributed by atoms with van der Waals surface area (Å²) in [5, 5.41) is 3.55. The number of ether oxygens (including phenoxy) is 2. The molecule has 0 aliphatic carbocycles. The van der Waals surface area contributed by atoms with E-state index in [1.165, 1.54) is 0 Å². The molecule has 1 aliphatic rings. The number of hydrogen-bond acceptors (Lipinski definition) is 5. The van der Waals surface area contributed by atoms with Crippen molar-refractivity contribution >= 4 is 11.8 Å². The summed E-state index contributed by atoms with van der Waals surface area (Å²) in [6.45, 7) is 6.82. The highest BCUT2D eigenvalue weighted by molar-refractivity contribution is 5.96. The molecular formula is C16H29N5O2. The van der Waals surface area contributed by atoms with Crippen molar-refractivity contribution < 1.29 is 9.47 Å². The van der Waals surface area contributed by atoms with E-state index in [4.69, 9.17) is 25.0 Å². The summed E-state index contributed by atoms with van der Waals surface area (Å²) in [5.74, 6) is 1.68. The molecule has 0 saturated heterocycles. The number of unbranched alkanes of at least 4 members (excludes halogenated alkanes) is 3. The van der Waals surface area contributed by atoms with Crippen LogP contribution in [0.4, 0.5) is 0 Å². The maximum absolute atomic E-state index is 8.24. The largest absolute Gasteiger partial charge is 0.483 e. The molecule has 0 fully saturated rings. The minimum absolute atomic E-state index is 0.0770. The van der Waals surface area contributed by atoms with E-state index in [2.05, 4.69) is 23.9 Å². The second-order valence-corrected chi connectivity index (χ2v) is 6.37. The third-order valence-electron chi connectivity index (χ3n) is 4.10. The first-order chi connectivity index (χ1) is 11.0. The van der Waals surface area contributed by atoms with Gasteiger partial charge in [0.05, 0.1) is 14.2 Å². The van der Waals surface area contributed by atoms with Crippen LogP contribution in [-0.4, -0.2) is 44.1 Å². The normalized spacial score (nSPS) is 23.8. The van der Waals surface area contributed by atoms with Gasteiger partial charge in [-0.3, -0.25) is 0 Å². The van der Waals surface area contributed by atoms with Crippen molar-refractivity contribution in [2.75, 3.05) is 20.8 Å². The predicted octanol–water partition coefficient (Wildman–Crippen LogP) is 4.13. The Morgan fingerprint density at radius 3 is 2.48 bits per heavy atom. The van der Waals surface area contributed by atoms with Crippen LogP contribution in [0.5, 0.6) is 0 Å². The Balaban J connectivity index is 2.65. The van der Waals surface area contributed by atoms with Crippen LogP contribution >= 0.6 is 0 Å². The highest BCUT2D eigenvalue weighted by atomic mass is 16.5. The van der Waals surface area contributed by atoms with Gasteiger partial charge >= 0.3 is 0 Å². The van der Waals surface area contributed by atoms with E-state index in [0.717, 1.165) is 32.1 Å². The average Bonchev–Trinajstić information content (AvgIpc) is 2.53. The Kier molecular flexibility index (Phi) is 7.89. The Labute approximate surface area is 138 Å². The predicted molar refractivity (Wildman–Crippen MR) is 93.0 cm³/mol. The van der Waals surface area contributed by atoms with Gasteiger partial charge < -0.3 is 9.47 Å². The number of rotatable bonds is 8. The van der Waals surface area contributed by atoms with Gasteiger partial charge in [0.2, 0.25) is 11.8 Å². The van der Waals surface area contributed by atoms with Gasteiger partial charge in [-0.25, -0.2) is 9.98 Å². The molecule has 23 heavy (non-hydrogen) atoms. The fourth-order valence-corrected chi connectivity index (χ4v) is 2.76. The van der Waals surface area contributed by atoms with Crippen LogP contribution in [0.2, 0.25) is 0 Å². The molecule has 0 aromatic heterocycles. The van der Waals surface area contributed by atoms with E-state index in [-0.39, 0.29) is 6.04 Å². The zero-order valence-corrected chi connectivity index (χ0v) is 14.9. The molecule has 0 spiro atoms. The van der Waals surface area contributed by atoms with Crippen LogP contribution in [0, 0.1) is 5.92 Å². The molecule has 1 heterocycles. The summed E-state index contributed by atoms with van der Waals surface area (Å²) >= 11 is 0. The van der Waals surface area contributed by atoms with E-state index in [0.29, 0.717) is 24.3 Å². The Morgan fingerprint density at radius 2 is 1.91 bits per heavy atom. The maximum Gasteiger partial charge on any atom is 0.212 e. The van der Waals surface area contributed by atoms with Gasteiger partial charge in [0, 0.05) is 11.5 Å². The fourth-order valence-electron chi connectivity index (χ4n) is 2.76. The standard InChI is InChI=1S/C16H29N5O2/c1-12(2)13-14(22-4)20-16(3,15(19-13)23-5)10-8-6-7-9-11-18-21-17/h12-13H,6-11H2,1-5H3/t13-,16+/m1/s1. The minimum Gasteiger partial charge on any atom is -0.483 e. The smallest absolute Gasteiger partial charge is 0.212 e. The quantitative estimate of drug-likeness (QED) is 0.291. The minimum atomic E-state index is -0.462. The fraction of sp³-hybridized carbons (Fsp3) is 0.875. The van der Waals surface area contributed by atoms with E-state index in [9.17, 15) is 0 Å². The molecule has 0 aromatic carbocycles. The zero-order valence-electron chi connectivity index (χ0n) is 14.9. The summed E-state index contributed by atoms with van der Waals surface area (Å²) in [5.41, 5.74) is 7.78. The second-order valence-electron chi connectivity index (χ2n) is 6.37. The topological polar surface area (TPSA) is 91.9 Å². The van der Waals surface area contributed by atoms with Gasteiger partial charge in [-0.05, 0) is 31.2 Å². The second kappa shape index (κ2) is 9.40. The lowest BCUT2D eigenvalue weighted by Gasteiger charge is -2.33. The zero-order chi connectivity index (χ0) is 17.3. The molecule has 0 bridgehead atoms. The first-order valence-electron chi connectivity index (χ1n) is 8.25. The molecule has 1 aliphatic heterocycles. The highest BCUT2D eigenvalue weighted by Gasteiger charge is 2.39. The average molecular weight is 323 g/mol. The maximum atomic E-state index is 8.24.